The van der Waals surface area contributed by atoms with Gasteiger partial charge in [-0.1, -0.05) is 13.8 Å². The molecular formula is C10H22N2O3S2. The first-order valence-electron chi connectivity index (χ1n) is 5.56. The van der Waals surface area contributed by atoms with E-state index < -0.39 is 22.0 Å². The number of nitrogens with two attached hydrogens (primary N) is 1. The molecule has 0 aromatic rings. The molecule has 0 fully saturated rings. The Balaban J connectivity index is 4.37. The quantitative estimate of drug-likeness (QED) is 0.646. The van der Waals surface area contributed by atoms with Crippen molar-refractivity contribution in [2.45, 2.75) is 32.7 Å². The van der Waals surface area contributed by atoms with Gasteiger partial charge in [0.15, 0.2) is 0 Å². The van der Waals surface area contributed by atoms with E-state index in [9.17, 15) is 13.2 Å². The second kappa shape index (κ2) is 7.94. The van der Waals surface area contributed by atoms with Crippen LogP contribution in [-0.2, 0) is 14.8 Å². The van der Waals surface area contributed by atoms with Gasteiger partial charge in [0.05, 0.1) is 5.75 Å². The zero-order valence-electron chi connectivity index (χ0n) is 10.6. The third-order valence-corrected chi connectivity index (χ3v) is 4.30. The molecule has 0 heterocycles. The first-order valence-corrected chi connectivity index (χ1v) is 8.61. The van der Waals surface area contributed by atoms with Crippen molar-refractivity contribution >= 4 is 27.7 Å². The first-order chi connectivity index (χ1) is 7.78. The second-order valence-electron chi connectivity index (χ2n) is 4.36. The van der Waals surface area contributed by atoms with Gasteiger partial charge in [-0.05, 0) is 30.8 Å². The van der Waals surface area contributed by atoms with Crippen LogP contribution in [0.1, 0.15) is 26.7 Å². The van der Waals surface area contributed by atoms with Crippen molar-refractivity contribution in [3.8, 4) is 0 Å². The van der Waals surface area contributed by atoms with Crippen LogP contribution < -0.4 is 10.5 Å². The average Bonchev–Trinajstić information content (AvgIpc) is 2.21. The van der Waals surface area contributed by atoms with E-state index in [1.807, 2.05) is 20.1 Å². The highest BCUT2D eigenvalue weighted by Gasteiger charge is 2.21. The molecule has 1 amide bonds. The summed E-state index contributed by atoms with van der Waals surface area (Å²) in [5, 5.41) is 0. The lowest BCUT2D eigenvalue weighted by Crippen LogP contribution is -2.45. The van der Waals surface area contributed by atoms with E-state index in [0.717, 1.165) is 0 Å². The molecule has 0 aliphatic rings. The Morgan fingerprint density at radius 2 is 1.94 bits per heavy atom. The van der Waals surface area contributed by atoms with Crippen molar-refractivity contribution < 1.29 is 13.2 Å². The second-order valence-corrected chi connectivity index (χ2v) is 7.21. The van der Waals surface area contributed by atoms with E-state index in [1.54, 1.807) is 11.8 Å². The largest absolute Gasteiger partial charge is 0.368 e. The Labute approximate surface area is 108 Å². The van der Waals surface area contributed by atoms with Gasteiger partial charge < -0.3 is 5.73 Å². The fourth-order valence-corrected chi connectivity index (χ4v) is 3.20. The fraction of sp³-hybridized carbons (Fsp3) is 0.900. The maximum atomic E-state index is 11.7. The lowest BCUT2D eigenvalue weighted by molar-refractivity contribution is -0.119. The van der Waals surface area contributed by atoms with Crippen LogP contribution >= 0.6 is 11.8 Å². The number of carbonyl (C=O) groups excluding carboxylic acids is 1. The molecule has 5 nitrogen and oxygen atoms in total. The maximum Gasteiger partial charge on any atom is 0.235 e. The Morgan fingerprint density at radius 3 is 2.35 bits per heavy atom. The van der Waals surface area contributed by atoms with E-state index in [1.165, 1.54) is 0 Å². The van der Waals surface area contributed by atoms with E-state index >= 15 is 0 Å². The van der Waals surface area contributed by atoms with Gasteiger partial charge in [-0.15, -0.1) is 0 Å². The Morgan fingerprint density at radius 1 is 1.35 bits per heavy atom. The van der Waals surface area contributed by atoms with E-state index in [2.05, 4.69) is 4.72 Å². The van der Waals surface area contributed by atoms with E-state index in [-0.39, 0.29) is 5.75 Å². The SMILES string of the molecule is CSCC[C@H](NS(=O)(=O)CCC(C)C)C(N)=O. The zero-order chi connectivity index (χ0) is 13.5. The third kappa shape index (κ3) is 8.45. The molecule has 7 heteroatoms. The number of sulfonamides is 1. The smallest absolute Gasteiger partial charge is 0.235 e. The Kier molecular flexibility index (Phi) is 7.82. The molecule has 3 N–H and O–H groups in total. The summed E-state index contributed by atoms with van der Waals surface area (Å²) in [5.41, 5.74) is 5.17. The normalized spacial score (nSPS) is 13.9. The topological polar surface area (TPSA) is 89.3 Å². The van der Waals surface area contributed by atoms with Crippen molar-refractivity contribution in [3.63, 3.8) is 0 Å². The summed E-state index contributed by atoms with van der Waals surface area (Å²) in [6.45, 7) is 3.91. The predicted molar refractivity (Wildman–Crippen MR) is 72.4 cm³/mol. The number of hydrogen-bond donors (Lipinski definition) is 2. The maximum absolute atomic E-state index is 11.7. The van der Waals surface area contributed by atoms with E-state index in [4.69, 9.17) is 5.73 Å². The lowest BCUT2D eigenvalue weighted by atomic mass is 10.2. The molecular weight excluding hydrogens is 260 g/mol. The molecule has 0 aromatic carbocycles. The Bertz CT molecular complexity index is 328. The Hall–Kier alpha value is -0.270. The standard InChI is InChI=1S/C10H22N2O3S2/c1-8(2)5-7-17(14,15)12-9(10(11)13)4-6-16-3/h8-9,12H,4-7H2,1-3H3,(H2,11,13)/t9-/m0/s1. The van der Waals surface area contributed by atoms with Gasteiger partial charge in [0.1, 0.15) is 6.04 Å². The number of rotatable bonds is 9. The fourth-order valence-electron chi connectivity index (χ4n) is 1.16. The summed E-state index contributed by atoms with van der Waals surface area (Å²) in [5.74, 6) is 0.422. The minimum atomic E-state index is -3.41. The monoisotopic (exact) mass is 282 g/mol. The van der Waals surface area contributed by atoms with Crippen molar-refractivity contribution in [2.75, 3.05) is 17.8 Å². The van der Waals surface area contributed by atoms with E-state index in [0.29, 0.717) is 24.5 Å². The number of primary amides is 1. The van der Waals surface area contributed by atoms with Gasteiger partial charge in [-0.3, -0.25) is 4.79 Å². The first kappa shape index (κ1) is 16.7. The van der Waals surface area contributed by atoms with Crippen LogP contribution in [-0.4, -0.2) is 38.1 Å². The number of carbonyl (C=O) groups is 1. The van der Waals surface area contributed by atoms with Crippen LogP contribution in [0.15, 0.2) is 0 Å². The number of hydrogen-bond acceptors (Lipinski definition) is 4. The van der Waals surface area contributed by atoms with Gasteiger partial charge in [-0.2, -0.15) is 11.8 Å². The van der Waals surface area contributed by atoms with Gasteiger partial charge in [0.2, 0.25) is 15.9 Å². The number of nitrogens with one attached hydrogen (secondary N) is 1. The summed E-state index contributed by atoms with van der Waals surface area (Å²) < 4.78 is 25.7. The number of thioether (sulfide) groups is 1. The third-order valence-electron chi connectivity index (χ3n) is 2.24. The molecule has 17 heavy (non-hydrogen) atoms. The van der Waals surface area contributed by atoms with Gasteiger partial charge >= 0.3 is 0 Å². The molecule has 0 aliphatic heterocycles. The van der Waals surface area contributed by atoms with Gasteiger partial charge in [0, 0.05) is 0 Å². The molecule has 0 bridgehead atoms. The van der Waals surface area contributed by atoms with Crippen molar-refractivity contribution in [1.29, 1.82) is 0 Å². The number of amides is 1. The van der Waals surface area contributed by atoms with Crippen LogP contribution in [0.5, 0.6) is 0 Å². The van der Waals surface area contributed by atoms with Gasteiger partial charge in [0.25, 0.3) is 0 Å². The van der Waals surface area contributed by atoms with Crippen LogP contribution in [0.2, 0.25) is 0 Å². The highest BCUT2D eigenvalue weighted by molar-refractivity contribution is 7.98. The highest BCUT2D eigenvalue weighted by Crippen LogP contribution is 2.05. The molecule has 0 aromatic heterocycles. The molecule has 1 atom stereocenters. The predicted octanol–water partition coefficient (Wildman–Crippen LogP) is 0.559. The van der Waals surface area contributed by atoms with Crippen molar-refractivity contribution in [3.05, 3.63) is 0 Å². The minimum absolute atomic E-state index is 0.0354. The molecule has 0 unspecified atom stereocenters. The molecule has 0 spiro atoms. The molecule has 0 rings (SSSR count). The molecule has 0 radical (unpaired) electrons. The minimum Gasteiger partial charge on any atom is -0.368 e. The summed E-state index contributed by atoms with van der Waals surface area (Å²) in [7, 11) is -3.41. The van der Waals surface area contributed by atoms with Crippen LogP contribution in [0.25, 0.3) is 0 Å². The summed E-state index contributed by atoms with van der Waals surface area (Å²) >= 11 is 1.55. The summed E-state index contributed by atoms with van der Waals surface area (Å²) in [6.07, 6.45) is 2.89. The van der Waals surface area contributed by atoms with Gasteiger partial charge in [-0.25, -0.2) is 13.1 Å². The lowest BCUT2D eigenvalue weighted by Gasteiger charge is -2.15. The summed E-state index contributed by atoms with van der Waals surface area (Å²) in [6, 6.07) is -0.792. The molecule has 102 valence electrons. The summed E-state index contributed by atoms with van der Waals surface area (Å²) in [4.78, 5) is 11.1. The molecule has 0 aliphatic carbocycles. The molecule has 0 saturated carbocycles. The van der Waals surface area contributed by atoms with Crippen LogP contribution in [0, 0.1) is 5.92 Å². The van der Waals surface area contributed by atoms with Crippen molar-refractivity contribution in [2.24, 2.45) is 11.7 Å². The molecule has 0 saturated heterocycles. The van der Waals surface area contributed by atoms with Crippen LogP contribution in [0.4, 0.5) is 0 Å². The zero-order valence-corrected chi connectivity index (χ0v) is 12.2. The van der Waals surface area contributed by atoms with Crippen molar-refractivity contribution in [1.82, 2.24) is 4.72 Å². The van der Waals surface area contributed by atoms with Crippen LogP contribution in [0.3, 0.4) is 0 Å². The average molecular weight is 282 g/mol. The highest BCUT2D eigenvalue weighted by atomic mass is 32.2.